The van der Waals surface area contributed by atoms with E-state index < -0.39 is 48.6 Å². The van der Waals surface area contributed by atoms with E-state index in [9.17, 15) is 19.5 Å². The monoisotopic (exact) mass is 532 g/mol. The molecule has 0 aliphatic carbocycles. The average molecular weight is 533 g/mol. The van der Waals surface area contributed by atoms with Gasteiger partial charge in [-0.3, -0.25) is 0 Å². The smallest absolute Gasteiger partial charge is 0.338 e. The number of hydrogen-bond donors (Lipinski definition) is 1. The van der Waals surface area contributed by atoms with Gasteiger partial charge in [-0.05, 0) is 36.4 Å². The van der Waals surface area contributed by atoms with Crippen molar-refractivity contribution in [1.29, 1.82) is 0 Å². The minimum Gasteiger partial charge on any atom is -0.459 e. The molecule has 1 aliphatic heterocycles. The van der Waals surface area contributed by atoms with Gasteiger partial charge in [0.25, 0.3) is 0 Å². The molecule has 1 heterocycles. The highest BCUT2D eigenvalue weighted by Crippen LogP contribution is 2.29. The number of hydrogen-bond acceptors (Lipinski definition) is 9. The van der Waals surface area contributed by atoms with Crippen LogP contribution in [-0.2, 0) is 23.7 Å². The summed E-state index contributed by atoms with van der Waals surface area (Å²) in [5.74, 6) is -2.13. The van der Waals surface area contributed by atoms with E-state index in [1.807, 2.05) is 0 Å². The second kappa shape index (κ2) is 13.5. The SMILES string of the molecule is C=CCO[C@H]1O[C@H](COC(=O)c2ccccc2)[C@H](O)[C@H](OC(=O)c2ccccc2)[C@H]1OC(=O)c1ccccc1. The lowest BCUT2D eigenvalue weighted by Crippen LogP contribution is -2.62. The van der Waals surface area contributed by atoms with E-state index in [4.69, 9.17) is 23.7 Å². The van der Waals surface area contributed by atoms with Gasteiger partial charge in [0.1, 0.15) is 18.8 Å². The predicted molar refractivity (Wildman–Crippen MR) is 139 cm³/mol. The maximum atomic E-state index is 13.0. The third kappa shape index (κ3) is 7.17. The number of ether oxygens (including phenoxy) is 5. The number of rotatable bonds is 10. The summed E-state index contributed by atoms with van der Waals surface area (Å²) in [5, 5.41) is 11.2. The summed E-state index contributed by atoms with van der Waals surface area (Å²) in [5.41, 5.74) is 0.769. The number of aliphatic hydroxyl groups excluding tert-OH is 1. The van der Waals surface area contributed by atoms with Crippen molar-refractivity contribution in [2.24, 2.45) is 0 Å². The molecule has 9 nitrogen and oxygen atoms in total. The molecule has 3 aromatic carbocycles. The van der Waals surface area contributed by atoms with Crippen LogP contribution >= 0.6 is 0 Å². The summed E-state index contributed by atoms with van der Waals surface area (Å²) in [6.07, 6.45) is -5.32. The van der Waals surface area contributed by atoms with Crippen LogP contribution in [0.25, 0.3) is 0 Å². The van der Waals surface area contributed by atoms with Gasteiger partial charge in [0.15, 0.2) is 18.5 Å². The fourth-order valence-corrected chi connectivity index (χ4v) is 3.93. The lowest BCUT2D eigenvalue weighted by Gasteiger charge is -2.42. The Morgan fingerprint density at radius 2 is 1.21 bits per heavy atom. The maximum absolute atomic E-state index is 13.0. The molecule has 0 aromatic heterocycles. The van der Waals surface area contributed by atoms with E-state index in [1.165, 1.54) is 6.08 Å². The Labute approximate surface area is 225 Å². The van der Waals surface area contributed by atoms with Crippen molar-refractivity contribution in [3.63, 3.8) is 0 Å². The van der Waals surface area contributed by atoms with Crippen molar-refractivity contribution >= 4 is 17.9 Å². The lowest BCUT2D eigenvalue weighted by atomic mass is 9.98. The second-order valence-corrected chi connectivity index (χ2v) is 8.59. The molecular weight excluding hydrogens is 504 g/mol. The number of carbonyl (C=O) groups excluding carboxylic acids is 3. The van der Waals surface area contributed by atoms with E-state index in [0.29, 0.717) is 5.56 Å². The normalized spacial score (nSPS) is 22.3. The quantitative estimate of drug-likeness (QED) is 0.237. The molecule has 5 atom stereocenters. The van der Waals surface area contributed by atoms with Crippen molar-refractivity contribution in [3.8, 4) is 0 Å². The van der Waals surface area contributed by atoms with Gasteiger partial charge in [0.05, 0.1) is 23.3 Å². The molecule has 3 aromatic rings. The van der Waals surface area contributed by atoms with Gasteiger partial charge < -0.3 is 28.8 Å². The van der Waals surface area contributed by atoms with Gasteiger partial charge in [0.2, 0.25) is 0 Å². The topological polar surface area (TPSA) is 118 Å². The first kappa shape index (κ1) is 27.7. The summed E-state index contributed by atoms with van der Waals surface area (Å²) in [6, 6.07) is 24.6. The van der Waals surface area contributed by atoms with Crippen LogP contribution in [0.15, 0.2) is 104 Å². The maximum Gasteiger partial charge on any atom is 0.338 e. The van der Waals surface area contributed by atoms with Crippen molar-refractivity contribution in [2.45, 2.75) is 30.7 Å². The largest absolute Gasteiger partial charge is 0.459 e. The molecule has 0 unspecified atom stereocenters. The van der Waals surface area contributed by atoms with Crippen molar-refractivity contribution in [1.82, 2.24) is 0 Å². The molecule has 1 aliphatic rings. The Morgan fingerprint density at radius 1 is 0.744 bits per heavy atom. The van der Waals surface area contributed by atoms with Crippen molar-refractivity contribution in [2.75, 3.05) is 13.2 Å². The first-order chi connectivity index (χ1) is 19.0. The molecular formula is C30H28O9. The molecule has 1 fully saturated rings. The zero-order valence-corrected chi connectivity index (χ0v) is 21.0. The van der Waals surface area contributed by atoms with Gasteiger partial charge >= 0.3 is 17.9 Å². The highest BCUT2D eigenvalue weighted by Gasteiger charge is 2.51. The summed E-state index contributed by atoms with van der Waals surface area (Å²) in [7, 11) is 0. The van der Waals surface area contributed by atoms with Gasteiger partial charge in [-0.15, -0.1) is 6.58 Å². The van der Waals surface area contributed by atoms with Gasteiger partial charge in [-0.2, -0.15) is 0 Å². The Kier molecular flexibility index (Phi) is 9.58. The van der Waals surface area contributed by atoms with Crippen LogP contribution in [0.1, 0.15) is 31.1 Å². The highest BCUT2D eigenvalue weighted by molar-refractivity contribution is 5.90. The van der Waals surface area contributed by atoms with Crippen molar-refractivity contribution < 1.29 is 43.2 Å². The summed E-state index contributed by atoms with van der Waals surface area (Å²) >= 11 is 0. The minimum atomic E-state index is -1.54. The van der Waals surface area contributed by atoms with E-state index in [0.717, 1.165) is 0 Å². The van der Waals surface area contributed by atoms with Crippen LogP contribution in [0.4, 0.5) is 0 Å². The number of aliphatic hydroxyl groups is 1. The van der Waals surface area contributed by atoms with Crippen LogP contribution in [0.3, 0.4) is 0 Å². The Balaban J connectivity index is 1.59. The second-order valence-electron chi connectivity index (χ2n) is 8.59. The molecule has 0 spiro atoms. The number of benzene rings is 3. The number of carbonyl (C=O) groups is 3. The first-order valence-corrected chi connectivity index (χ1v) is 12.3. The summed E-state index contributed by atoms with van der Waals surface area (Å²) in [4.78, 5) is 38.4. The summed E-state index contributed by atoms with van der Waals surface area (Å²) in [6.45, 7) is 3.23. The number of esters is 3. The first-order valence-electron chi connectivity index (χ1n) is 12.3. The Morgan fingerprint density at radius 3 is 1.69 bits per heavy atom. The molecule has 1 saturated heterocycles. The van der Waals surface area contributed by atoms with Crippen molar-refractivity contribution in [3.05, 3.63) is 120 Å². The molecule has 0 amide bonds. The van der Waals surface area contributed by atoms with E-state index in [-0.39, 0.29) is 24.3 Å². The Hall–Kier alpha value is -4.31. The molecule has 39 heavy (non-hydrogen) atoms. The van der Waals surface area contributed by atoms with Crippen LogP contribution in [0.2, 0.25) is 0 Å². The molecule has 0 bridgehead atoms. The van der Waals surface area contributed by atoms with E-state index in [1.54, 1.807) is 91.0 Å². The molecule has 202 valence electrons. The minimum absolute atomic E-state index is 0.00394. The Bertz CT molecular complexity index is 1250. The van der Waals surface area contributed by atoms with Crippen LogP contribution in [0.5, 0.6) is 0 Å². The van der Waals surface area contributed by atoms with Crippen LogP contribution in [0, 0.1) is 0 Å². The molecule has 4 rings (SSSR count). The van der Waals surface area contributed by atoms with Gasteiger partial charge in [-0.25, -0.2) is 14.4 Å². The zero-order valence-electron chi connectivity index (χ0n) is 21.0. The third-order valence-corrected chi connectivity index (χ3v) is 5.89. The fraction of sp³-hybridized carbons (Fsp3) is 0.233. The molecule has 1 N–H and O–H groups in total. The van der Waals surface area contributed by atoms with E-state index in [2.05, 4.69) is 6.58 Å². The molecule has 0 radical (unpaired) electrons. The fourth-order valence-electron chi connectivity index (χ4n) is 3.93. The zero-order chi connectivity index (χ0) is 27.6. The average Bonchev–Trinajstić information content (AvgIpc) is 2.99. The third-order valence-electron chi connectivity index (χ3n) is 5.89. The highest BCUT2D eigenvalue weighted by atomic mass is 16.7. The lowest BCUT2D eigenvalue weighted by molar-refractivity contribution is -0.296. The molecule has 0 saturated carbocycles. The standard InChI is InChI=1S/C30H28O9/c1-2-18-35-30-26(39-29(34)22-16-10-5-11-17-22)25(38-28(33)21-14-8-4-9-15-21)24(31)23(37-30)19-36-27(32)20-12-6-3-7-13-20/h2-17,23-26,30-31H,1,18-19H2/t23-,24+,25+,26-,30+/m1/s1. The molecule has 9 heteroatoms. The predicted octanol–water partition coefficient (Wildman–Crippen LogP) is 3.58. The van der Waals surface area contributed by atoms with Gasteiger partial charge in [0, 0.05) is 0 Å². The van der Waals surface area contributed by atoms with E-state index >= 15 is 0 Å². The van der Waals surface area contributed by atoms with Gasteiger partial charge in [-0.1, -0.05) is 60.7 Å². The van der Waals surface area contributed by atoms with Crippen LogP contribution in [-0.4, -0.2) is 66.9 Å². The summed E-state index contributed by atoms with van der Waals surface area (Å²) < 4.78 is 28.3. The van der Waals surface area contributed by atoms with Crippen LogP contribution < -0.4 is 0 Å².